The molecule has 0 aliphatic heterocycles. The summed E-state index contributed by atoms with van der Waals surface area (Å²) in [6.07, 6.45) is 0. The smallest absolute Gasteiger partial charge is 0.305 e. The summed E-state index contributed by atoms with van der Waals surface area (Å²) in [5, 5.41) is 14.5. The van der Waals surface area contributed by atoms with Gasteiger partial charge in [-0.3, -0.25) is 4.79 Å². The van der Waals surface area contributed by atoms with Crippen LogP contribution in [0.2, 0.25) is 0 Å². The minimum absolute atomic E-state index is 0.108. The summed E-state index contributed by atoms with van der Waals surface area (Å²) in [6, 6.07) is 20.4. The summed E-state index contributed by atoms with van der Waals surface area (Å²) in [6.45, 7) is -0.0203. The van der Waals surface area contributed by atoms with Crippen LogP contribution in [0.3, 0.4) is 0 Å². The number of fused-ring (bicyclic) bond motifs is 1. The summed E-state index contributed by atoms with van der Waals surface area (Å²) in [5.41, 5.74) is 2.08. The Morgan fingerprint density at radius 3 is 2.63 bits per heavy atom. The molecule has 35 heavy (non-hydrogen) atoms. The van der Waals surface area contributed by atoms with Crippen molar-refractivity contribution in [1.29, 1.82) is 0 Å². The zero-order valence-electron chi connectivity index (χ0n) is 18.5. The van der Waals surface area contributed by atoms with Gasteiger partial charge in [-0.05, 0) is 62.8 Å². The van der Waals surface area contributed by atoms with Crippen LogP contribution in [0.1, 0.15) is 5.69 Å². The number of benzene rings is 2. The van der Waals surface area contributed by atoms with Crippen LogP contribution in [0, 0.1) is 0 Å². The van der Waals surface area contributed by atoms with Gasteiger partial charge in [-0.2, -0.15) is 4.98 Å². The Labute approximate surface area is 207 Å². The first-order valence-electron chi connectivity index (χ1n) is 10.5. The van der Waals surface area contributed by atoms with Crippen LogP contribution in [0.25, 0.3) is 17.0 Å². The van der Waals surface area contributed by atoms with E-state index in [1.807, 2.05) is 36.4 Å². The van der Waals surface area contributed by atoms with Crippen LogP contribution in [-0.4, -0.2) is 47.3 Å². The highest BCUT2D eigenvalue weighted by Gasteiger charge is 2.19. The molecular weight excluding hydrogens is 516 g/mol. The number of carbonyl (C=O) groups is 1. The molecule has 5 aromatic rings. The zero-order valence-corrected chi connectivity index (χ0v) is 20.1. The lowest BCUT2D eigenvalue weighted by Crippen LogP contribution is -2.21. The van der Waals surface area contributed by atoms with Crippen molar-refractivity contribution >= 4 is 38.7 Å². The number of hydrogen-bond donors (Lipinski definition) is 1. The van der Waals surface area contributed by atoms with Gasteiger partial charge in [-0.1, -0.05) is 35.4 Å². The highest BCUT2D eigenvalue weighted by molar-refractivity contribution is 9.10. The Balaban J connectivity index is 1.31. The van der Waals surface area contributed by atoms with Crippen LogP contribution >= 0.6 is 15.9 Å². The van der Waals surface area contributed by atoms with E-state index >= 15 is 0 Å². The van der Waals surface area contributed by atoms with Crippen molar-refractivity contribution in [2.75, 3.05) is 11.9 Å². The molecule has 0 bridgehead atoms. The number of nitrogens with one attached hydrogen (secondary N) is 1. The maximum absolute atomic E-state index is 12.3. The fourth-order valence-corrected chi connectivity index (χ4v) is 3.81. The van der Waals surface area contributed by atoms with Gasteiger partial charge < -0.3 is 14.8 Å². The molecule has 2 aromatic carbocycles. The molecule has 11 nitrogen and oxygen atoms in total. The van der Waals surface area contributed by atoms with E-state index in [-0.39, 0.29) is 19.1 Å². The highest BCUT2D eigenvalue weighted by atomic mass is 79.9. The molecule has 0 aliphatic rings. The molecule has 0 atom stereocenters. The molecule has 0 unspecified atom stereocenters. The lowest BCUT2D eigenvalue weighted by Gasteiger charge is -2.10. The molecule has 1 amide bonds. The summed E-state index contributed by atoms with van der Waals surface area (Å²) in [7, 11) is 1.73. The number of amides is 1. The summed E-state index contributed by atoms with van der Waals surface area (Å²) in [5.74, 6) is 1.14. The fourth-order valence-electron chi connectivity index (χ4n) is 3.36. The van der Waals surface area contributed by atoms with Crippen LogP contribution in [0.15, 0.2) is 71.2 Å². The Morgan fingerprint density at radius 2 is 1.83 bits per heavy atom. The number of anilines is 1. The average Bonchev–Trinajstić information content (AvgIpc) is 3.45. The van der Waals surface area contributed by atoms with Gasteiger partial charge in [0.15, 0.2) is 6.61 Å². The molecule has 0 radical (unpaired) electrons. The second-order valence-electron chi connectivity index (χ2n) is 7.39. The third kappa shape index (κ3) is 4.96. The Bertz CT molecular complexity index is 1480. The molecule has 0 saturated carbocycles. The third-order valence-corrected chi connectivity index (χ3v) is 5.58. The maximum atomic E-state index is 12.3. The van der Waals surface area contributed by atoms with E-state index in [9.17, 15) is 4.79 Å². The minimum Gasteiger partial charge on any atom is -0.484 e. The molecule has 0 spiro atoms. The number of halogens is 1. The fraction of sp³-hybridized carbons (Fsp3) is 0.130. The van der Waals surface area contributed by atoms with E-state index < -0.39 is 0 Å². The van der Waals surface area contributed by atoms with Crippen molar-refractivity contribution in [3.63, 3.8) is 0 Å². The molecule has 0 fully saturated rings. The van der Waals surface area contributed by atoms with Crippen molar-refractivity contribution in [2.24, 2.45) is 7.05 Å². The summed E-state index contributed by atoms with van der Waals surface area (Å²) < 4.78 is 15.6. The molecular formula is C23H19BrN8O3. The predicted octanol–water partition coefficient (Wildman–Crippen LogP) is 3.30. The van der Waals surface area contributed by atoms with E-state index in [0.717, 1.165) is 9.99 Å². The van der Waals surface area contributed by atoms with Crippen LogP contribution in [0.5, 0.6) is 11.8 Å². The SMILES string of the molecule is Cn1nnnc1-n1c(OCc2cccc(NC(=O)COc3ccccc3)n2)nc2c(Br)cccc21. The topological polar surface area (TPSA) is 122 Å². The molecule has 0 saturated heterocycles. The number of imidazole rings is 1. The molecule has 3 aromatic heterocycles. The van der Waals surface area contributed by atoms with E-state index in [1.54, 1.807) is 41.9 Å². The summed E-state index contributed by atoms with van der Waals surface area (Å²) in [4.78, 5) is 21.3. The third-order valence-electron chi connectivity index (χ3n) is 4.94. The van der Waals surface area contributed by atoms with Gasteiger partial charge in [0.1, 0.15) is 23.7 Å². The van der Waals surface area contributed by atoms with Gasteiger partial charge in [0.25, 0.3) is 11.9 Å². The van der Waals surface area contributed by atoms with E-state index in [0.29, 0.717) is 34.7 Å². The van der Waals surface area contributed by atoms with E-state index in [4.69, 9.17) is 9.47 Å². The highest BCUT2D eigenvalue weighted by Crippen LogP contribution is 2.30. The number of carbonyl (C=O) groups excluding carboxylic acids is 1. The molecule has 1 N–H and O–H groups in total. The molecule has 176 valence electrons. The first-order valence-corrected chi connectivity index (χ1v) is 11.3. The van der Waals surface area contributed by atoms with Crippen LogP contribution in [0.4, 0.5) is 5.82 Å². The largest absolute Gasteiger partial charge is 0.484 e. The van der Waals surface area contributed by atoms with Crippen molar-refractivity contribution in [3.05, 3.63) is 76.9 Å². The molecule has 3 heterocycles. The van der Waals surface area contributed by atoms with Crippen LogP contribution < -0.4 is 14.8 Å². The molecule has 12 heteroatoms. The number of hydrogen-bond acceptors (Lipinski definition) is 8. The lowest BCUT2D eigenvalue weighted by molar-refractivity contribution is -0.118. The van der Waals surface area contributed by atoms with Crippen LogP contribution in [-0.2, 0) is 18.4 Å². The first-order chi connectivity index (χ1) is 17.1. The Morgan fingerprint density at radius 1 is 1.00 bits per heavy atom. The Kier molecular flexibility index (Phi) is 6.35. The number of ether oxygens (including phenoxy) is 2. The maximum Gasteiger partial charge on any atom is 0.305 e. The minimum atomic E-state index is -0.319. The lowest BCUT2D eigenvalue weighted by atomic mass is 10.3. The van der Waals surface area contributed by atoms with Gasteiger partial charge >= 0.3 is 6.01 Å². The van der Waals surface area contributed by atoms with E-state index in [2.05, 4.69) is 46.7 Å². The quantitative estimate of drug-likeness (QED) is 0.321. The van der Waals surface area contributed by atoms with Gasteiger partial charge in [0.05, 0.1) is 11.2 Å². The number of aryl methyl sites for hydroxylation is 1. The van der Waals surface area contributed by atoms with Gasteiger partial charge in [0, 0.05) is 11.5 Å². The molecule has 5 rings (SSSR count). The van der Waals surface area contributed by atoms with Crippen molar-refractivity contribution < 1.29 is 14.3 Å². The number of pyridine rings is 1. The van der Waals surface area contributed by atoms with Crippen molar-refractivity contribution in [3.8, 4) is 17.7 Å². The number of rotatable bonds is 8. The van der Waals surface area contributed by atoms with Gasteiger partial charge in [-0.25, -0.2) is 14.2 Å². The Hall–Kier alpha value is -4.32. The first kappa shape index (κ1) is 22.5. The molecule has 0 aliphatic carbocycles. The number of nitrogens with zero attached hydrogens (tertiary/aromatic N) is 7. The second kappa shape index (κ2) is 9.89. The number of aromatic nitrogens is 7. The van der Waals surface area contributed by atoms with Gasteiger partial charge in [-0.15, -0.1) is 0 Å². The predicted molar refractivity (Wildman–Crippen MR) is 130 cm³/mol. The van der Waals surface area contributed by atoms with Crippen molar-refractivity contribution in [1.82, 2.24) is 34.7 Å². The van der Waals surface area contributed by atoms with E-state index in [1.165, 1.54) is 4.68 Å². The normalized spacial score (nSPS) is 10.9. The number of para-hydroxylation sites is 2. The standard InChI is InChI=1S/C23H19BrN8O3/c1-31-22(28-29-30-31)32-18-11-6-10-17(24)21(18)27-23(32)35-13-15-7-5-12-19(25-15)26-20(33)14-34-16-8-3-2-4-9-16/h2-12H,13-14H2,1H3,(H,25,26,33). The zero-order chi connectivity index (χ0) is 24.2. The summed E-state index contributed by atoms with van der Waals surface area (Å²) >= 11 is 3.53. The average molecular weight is 535 g/mol. The van der Waals surface area contributed by atoms with Gasteiger partial charge in [0.2, 0.25) is 0 Å². The monoisotopic (exact) mass is 534 g/mol. The second-order valence-corrected chi connectivity index (χ2v) is 8.25. The number of tetrazole rings is 1. The van der Waals surface area contributed by atoms with Crippen molar-refractivity contribution in [2.45, 2.75) is 6.61 Å².